The van der Waals surface area contributed by atoms with Crippen LogP contribution < -0.4 is 0 Å². The van der Waals surface area contributed by atoms with E-state index in [1.54, 1.807) is 11.3 Å². The second-order valence-corrected chi connectivity index (χ2v) is 5.58. The minimum absolute atomic E-state index is 0.875. The second kappa shape index (κ2) is 4.56. The molecule has 74 valence electrons. The van der Waals surface area contributed by atoms with Crippen LogP contribution in [0.5, 0.6) is 0 Å². The highest BCUT2D eigenvalue weighted by molar-refractivity contribution is 7.98. The van der Waals surface area contributed by atoms with Crippen molar-refractivity contribution in [2.75, 3.05) is 5.75 Å². The maximum atomic E-state index is 6.11. The number of thiophene rings is 1. The van der Waals surface area contributed by atoms with Crippen LogP contribution in [0.1, 0.15) is 12.5 Å². The Hall–Kier alpha value is -0.180. The van der Waals surface area contributed by atoms with E-state index >= 15 is 0 Å². The first-order valence-corrected chi connectivity index (χ1v) is 6.96. The van der Waals surface area contributed by atoms with Gasteiger partial charge in [-0.3, -0.25) is 0 Å². The maximum absolute atomic E-state index is 6.11. The molecule has 1 aromatic heterocycles. The summed E-state index contributed by atoms with van der Waals surface area (Å²) < 4.78 is 1.22. The summed E-state index contributed by atoms with van der Waals surface area (Å²) in [5, 5.41) is 4.42. The maximum Gasteiger partial charge on any atom is 0.0584 e. The van der Waals surface area contributed by atoms with Crippen molar-refractivity contribution in [3.63, 3.8) is 0 Å². The molecule has 0 aliphatic rings. The molecule has 3 heteroatoms. The standard InChI is InChI=1S/C11H11ClS2/c1-2-13-6-8-7-14-11-9(8)4-3-5-10(11)12/h3-5,7H,2,6H2,1H3. The topological polar surface area (TPSA) is 0 Å². The lowest BCUT2D eigenvalue weighted by atomic mass is 10.2. The zero-order valence-electron chi connectivity index (χ0n) is 7.92. The Morgan fingerprint density at radius 1 is 1.43 bits per heavy atom. The predicted octanol–water partition coefficient (Wildman–Crippen LogP) is 4.81. The van der Waals surface area contributed by atoms with E-state index in [2.05, 4.69) is 18.4 Å². The molecule has 0 saturated carbocycles. The number of fused-ring (bicyclic) bond motifs is 1. The van der Waals surface area contributed by atoms with Gasteiger partial charge in [-0.05, 0) is 28.1 Å². The molecule has 2 aromatic rings. The smallest absolute Gasteiger partial charge is 0.0584 e. The molecule has 0 atom stereocenters. The van der Waals surface area contributed by atoms with E-state index in [9.17, 15) is 0 Å². The van der Waals surface area contributed by atoms with Crippen LogP contribution in [-0.2, 0) is 5.75 Å². The number of thioether (sulfide) groups is 1. The van der Waals surface area contributed by atoms with Crippen LogP contribution in [0.15, 0.2) is 23.6 Å². The monoisotopic (exact) mass is 242 g/mol. The molecule has 2 rings (SSSR count). The van der Waals surface area contributed by atoms with Gasteiger partial charge in [0.2, 0.25) is 0 Å². The van der Waals surface area contributed by atoms with Crippen molar-refractivity contribution in [3.8, 4) is 0 Å². The molecule has 0 fully saturated rings. The van der Waals surface area contributed by atoms with Crippen molar-refractivity contribution in [2.45, 2.75) is 12.7 Å². The van der Waals surface area contributed by atoms with E-state index in [1.807, 2.05) is 23.9 Å². The highest BCUT2D eigenvalue weighted by Gasteiger charge is 2.05. The van der Waals surface area contributed by atoms with Gasteiger partial charge in [-0.25, -0.2) is 0 Å². The van der Waals surface area contributed by atoms with Gasteiger partial charge in [0.15, 0.2) is 0 Å². The first-order chi connectivity index (χ1) is 6.83. The molecule has 1 aromatic carbocycles. The normalized spacial score (nSPS) is 11.0. The van der Waals surface area contributed by atoms with E-state index in [4.69, 9.17) is 11.6 Å². The summed E-state index contributed by atoms with van der Waals surface area (Å²) in [5.41, 5.74) is 1.42. The molecule has 0 N–H and O–H groups in total. The molecule has 0 radical (unpaired) electrons. The molecule has 0 nitrogen and oxygen atoms in total. The largest absolute Gasteiger partial charge is 0.157 e. The second-order valence-electron chi connectivity index (χ2n) is 3.01. The van der Waals surface area contributed by atoms with Crippen molar-refractivity contribution in [3.05, 3.63) is 34.2 Å². The summed E-state index contributed by atoms with van der Waals surface area (Å²) in [7, 11) is 0. The molecule has 0 unspecified atom stereocenters. The van der Waals surface area contributed by atoms with Crippen LogP contribution in [0.3, 0.4) is 0 Å². The highest BCUT2D eigenvalue weighted by Crippen LogP contribution is 2.33. The van der Waals surface area contributed by atoms with E-state index < -0.39 is 0 Å². The lowest BCUT2D eigenvalue weighted by Gasteiger charge is -1.97. The van der Waals surface area contributed by atoms with Crippen LogP contribution in [0.4, 0.5) is 0 Å². The fourth-order valence-electron chi connectivity index (χ4n) is 1.40. The van der Waals surface area contributed by atoms with E-state index in [0.717, 1.165) is 16.5 Å². The summed E-state index contributed by atoms with van der Waals surface area (Å²) in [6, 6.07) is 6.14. The van der Waals surface area contributed by atoms with Crippen LogP contribution in [0.25, 0.3) is 10.1 Å². The fraction of sp³-hybridized carbons (Fsp3) is 0.273. The van der Waals surface area contributed by atoms with E-state index in [1.165, 1.54) is 15.6 Å². The van der Waals surface area contributed by atoms with Gasteiger partial charge < -0.3 is 0 Å². The molecule has 0 saturated heterocycles. The zero-order valence-corrected chi connectivity index (χ0v) is 10.3. The molecule has 0 spiro atoms. The van der Waals surface area contributed by atoms with Crippen molar-refractivity contribution < 1.29 is 0 Å². The molecule has 14 heavy (non-hydrogen) atoms. The molecule has 1 heterocycles. The third-order valence-electron chi connectivity index (χ3n) is 2.09. The third-order valence-corrected chi connectivity index (χ3v) is 4.52. The van der Waals surface area contributed by atoms with Crippen LogP contribution in [0, 0.1) is 0 Å². The Balaban J connectivity index is 2.42. The van der Waals surface area contributed by atoms with Crippen LogP contribution in [-0.4, -0.2) is 5.75 Å². The Bertz CT molecular complexity index is 434. The summed E-state index contributed by atoms with van der Waals surface area (Å²) in [6.45, 7) is 2.19. The Kier molecular flexibility index (Phi) is 3.37. The highest BCUT2D eigenvalue weighted by atomic mass is 35.5. The molecule has 0 bridgehead atoms. The van der Waals surface area contributed by atoms with Gasteiger partial charge in [-0.1, -0.05) is 30.7 Å². The number of hydrogen-bond acceptors (Lipinski definition) is 2. The third kappa shape index (κ3) is 1.92. The van der Waals surface area contributed by atoms with Crippen molar-refractivity contribution >= 4 is 44.8 Å². The van der Waals surface area contributed by atoms with Crippen molar-refractivity contribution in [1.82, 2.24) is 0 Å². The first-order valence-electron chi connectivity index (χ1n) is 4.55. The minimum Gasteiger partial charge on any atom is -0.157 e. The minimum atomic E-state index is 0.875. The number of hydrogen-bond donors (Lipinski definition) is 0. The summed E-state index contributed by atoms with van der Waals surface area (Å²) >= 11 is 9.80. The van der Waals surface area contributed by atoms with Gasteiger partial charge in [0.25, 0.3) is 0 Å². The summed E-state index contributed by atoms with van der Waals surface area (Å²) in [4.78, 5) is 0. The number of benzene rings is 1. The van der Waals surface area contributed by atoms with Crippen LogP contribution in [0.2, 0.25) is 5.02 Å². The van der Waals surface area contributed by atoms with E-state index in [0.29, 0.717) is 0 Å². The number of rotatable bonds is 3. The van der Waals surface area contributed by atoms with Crippen molar-refractivity contribution in [2.24, 2.45) is 0 Å². The Morgan fingerprint density at radius 3 is 3.07 bits per heavy atom. The zero-order chi connectivity index (χ0) is 9.97. The average Bonchev–Trinajstić information content (AvgIpc) is 2.60. The van der Waals surface area contributed by atoms with Gasteiger partial charge in [0, 0.05) is 5.75 Å². The number of halogens is 1. The molecule has 0 aliphatic carbocycles. The van der Waals surface area contributed by atoms with Gasteiger partial charge in [0.05, 0.1) is 9.72 Å². The first kappa shape index (κ1) is 10.3. The van der Waals surface area contributed by atoms with Crippen molar-refractivity contribution in [1.29, 1.82) is 0 Å². The van der Waals surface area contributed by atoms with E-state index in [-0.39, 0.29) is 0 Å². The molecule has 0 aliphatic heterocycles. The van der Waals surface area contributed by atoms with Gasteiger partial charge in [-0.2, -0.15) is 11.8 Å². The summed E-state index contributed by atoms with van der Waals surface area (Å²) in [5.74, 6) is 2.26. The Morgan fingerprint density at radius 2 is 2.29 bits per heavy atom. The van der Waals surface area contributed by atoms with Gasteiger partial charge >= 0.3 is 0 Å². The quantitative estimate of drug-likeness (QED) is 0.745. The summed E-state index contributed by atoms with van der Waals surface area (Å²) in [6.07, 6.45) is 0. The SMILES string of the molecule is CCSCc1csc2c(Cl)cccc12. The van der Waals surface area contributed by atoms with Gasteiger partial charge in [-0.15, -0.1) is 11.3 Å². The Labute approximate surface area is 97.3 Å². The molecular formula is C11H11ClS2. The fourth-order valence-corrected chi connectivity index (χ4v) is 3.45. The average molecular weight is 243 g/mol. The molecular weight excluding hydrogens is 232 g/mol. The van der Waals surface area contributed by atoms with Crippen LogP contribution >= 0.6 is 34.7 Å². The lowest BCUT2D eigenvalue weighted by Crippen LogP contribution is -1.77. The lowest BCUT2D eigenvalue weighted by molar-refractivity contribution is 1.45. The predicted molar refractivity (Wildman–Crippen MR) is 68.7 cm³/mol. The molecule has 0 amide bonds. The van der Waals surface area contributed by atoms with Gasteiger partial charge in [0.1, 0.15) is 0 Å².